The summed E-state index contributed by atoms with van der Waals surface area (Å²) in [5.41, 5.74) is 3.21. The monoisotopic (exact) mass is 324 g/mol. The zero-order valence-electron chi connectivity index (χ0n) is 13.0. The van der Waals surface area contributed by atoms with Gasteiger partial charge in [-0.25, -0.2) is 4.79 Å². The molecular formula is C18H16N2O4. The van der Waals surface area contributed by atoms with Crippen LogP contribution in [0.4, 0.5) is 10.5 Å². The second-order valence-electron chi connectivity index (χ2n) is 5.61. The smallest absolute Gasteiger partial charge is 0.415 e. The fraction of sp³-hybridized carbons (Fsp3) is 0.167. The van der Waals surface area contributed by atoms with Crippen LogP contribution >= 0.6 is 0 Å². The molecule has 6 nitrogen and oxygen atoms in total. The van der Waals surface area contributed by atoms with Crippen molar-refractivity contribution in [2.75, 3.05) is 5.32 Å². The van der Waals surface area contributed by atoms with E-state index in [1.807, 2.05) is 31.2 Å². The van der Waals surface area contributed by atoms with Crippen molar-refractivity contribution in [1.82, 2.24) is 5.32 Å². The molecule has 0 saturated carbocycles. The van der Waals surface area contributed by atoms with Gasteiger partial charge < -0.3 is 10.1 Å². The highest BCUT2D eigenvalue weighted by molar-refractivity contribution is 6.00. The van der Waals surface area contributed by atoms with Crippen LogP contribution in [0.1, 0.15) is 22.8 Å². The van der Waals surface area contributed by atoms with Crippen molar-refractivity contribution >= 4 is 23.6 Å². The molecule has 0 aromatic heterocycles. The highest BCUT2D eigenvalue weighted by Crippen LogP contribution is 2.23. The van der Waals surface area contributed by atoms with Crippen LogP contribution in [0.5, 0.6) is 0 Å². The number of hydrogen-bond acceptors (Lipinski definition) is 4. The Labute approximate surface area is 138 Å². The van der Waals surface area contributed by atoms with Crippen LogP contribution in [-0.2, 0) is 20.7 Å². The normalized spacial score (nSPS) is 16.5. The molecule has 2 N–H and O–H groups in total. The van der Waals surface area contributed by atoms with Crippen molar-refractivity contribution in [2.24, 2.45) is 0 Å². The quantitative estimate of drug-likeness (QED) is 0.905. The van der Waals surface area contributed by atoms with E-state index in [4.69, 9.17) is 4.74 Å². The number of amides is 3. The zero-order valence-corrected chi connectivity index (χ0v) is 13.0. The van der Waals surface area contributed by atoms with Gasteiger partial charge in [-0.05, 0) is 24.6 Å². The molecule has 2 aromatic carbocycles. The fourth-order valence-electron chi connectivity index (χ4n) is 2.53. The van der Waals surface area contributed by atoms with Crippen LogP contribution in [0.25, 0.3) is 0 Å². The number of cyclic esters (lactones) is 1. The van der Waals surface area contributed by atoms with E-state index >= 15 is 0 Å². The van der Waals surface area contributed by atoms with Crippen molar-refractivity contribution in [3.63, 3.8) is 0 Å². The second kappa shape index (κ2) is 6.54. The molecular weight excluding hydrogens is 308 g/mol. The third kappa shape index (κ3) is 3.60. The Hall–Kier alpha value is -3.15. The molecule has 6 heteroatoms. The summed E-state index contributed by atoms with van der Waals surface area (Å²) >= 11 is 0. The molecule has 0 radical (unpaired) electrons. The Kier molecular flexibility index (Phi) is 4.29. The van der Waals surface area contributed by atoms with Crippen LogP contribution in [0, 0.1) is 6.92 Å². The largest absolute Gasteiger partial charge is 0.431 e. The van der Waals surface area contributed by atoms with Crippen LogP contribution in [0.3, 0.4) is 0 Å². The lowest BCUT2D eigenvalue weighted by Crippen LogP contribution is -2.20. The van der Waals surface area contributed by atoms with Crippen molar-refractivity contribution in [2.45, 2.75) is 19.4 Å². The molecule has 1 heterocycles. The minimum absolute atomic E-state index is 0.126. The Morgan fingerprint density at radius 2 is 1.92 bits per heavy atom. The number of ether oxygens (including phenoxy) is 1. The van der Waals surface area contributed by atoms with Gasteiger partial charge in [0.2, 0.25) is 12.0 Å². The average Bonchev–Trinajstić information content (AvgIpc) is 2.86. The van der Waals surface area contributed by atoms with Crippen LogP contribution in [-0.4, -0.2) is 17.9 Å². The summed E-state index contributed by atoms with van der Waals surface area (Å²) in [5.74, 6) is -0.616. The molecule has 1 unspecified atom stereocenters. The van der Waals surface area contributed by atoms with Gasteiger partial charge >= 0.3 is 6.09 Å². The van der Waals surface area contributed by atoms with Gasteiger partial charge in [-0.1, -0.05) is 42.0 Å². The number of carbonyl (C=O) groups is 3. The maximum atomic E-state index is 12.1. The number of benzene rings is 2. The SMILES string of the molecule is Cc1cccc(CC(=O)Nc2ccc(C3OC(=O)NC3=O)cc2)c1. The molecule has 24 heavy (non-hydrogen) atoms. The Morgan fingerprint density at radius 3 is 2.54 bits per heavy atom. The topological polar surface area (TPSA) is 84.5 Å². The van der Waals surface area contributed by atoms with E-state index in [-0.39, 0.29) is 12.3 Å². The minimum atomic E-state index is -0.936. The van der Waals surface area contributed by atoms with Crippen LogP contribution in [0.15, 0.2) is 48.5 Å². The van der Waals surface area contributed by atoms with Gasteiger partial charge in [0, 0.05) is 11.3 Å². The molecule has 1 atom stereocenters. The summed E-state index contributed by atoms with van der Waals surface area (Å²) in [7, 11) is 0. The predicted octanol–water partition coefficient (Wildman–Crippen LogP) is 2.48. The van der Waals surface area contributed by atoms with Gasteiger partial charge in [0.05, 0.1) is 6.42 Å². The predicted molar refractivity (Wildman–Crippen MR) is 87.3 cm³/mol. The number of hydrogen-bond donors (Lipinski definition) is 2. The summed E-state index contributed by atoms with van der Waals surface area (Å²) in [6.07, 6.45) is -1.40. The summed E-state index contributed by atoms with van der Waals surface area (Å²) in [6, 6.07) is 14.4. The first-order valence-electron chi connectivity index (χ1n) is 7.48. The Bertz CT molecular complexity index is 799. The van der Waals surface area contributed by atoms with E-state index in [9.17, 15) is 14.4 Å². The van der Waals surface area contributed by atoms with Gasteiger partial charge in [-0.15, -0.1) is 0 Å². The molecule has 3 rings (SSSR count). The van der Waals surface area contributed by atoms with Gasteiger partial charge in [0.1, 0.15) is 0 Å². The summed E-state index contributed by atoms with van der Waals surface area (Å²) in [6.45, 7) is 1.98. The first-order chi connectivity index (χ1) is 11.5. The molecule has 1 saturated heterocycles. The zero-order chi connectivity index (χ0) is 17.1. The van der Waals surface area contributed by atoms with E-state index in [0.29, 0.717) is 11.3 Å². The number of nitrogens with one attached hydrogen (secondary N) is 2. The Morgan fingerprint density at radius 1 is 1.17 bits per heavy atom. The molecule has 122 valence electrons. The second-order valence-corrected chi connectivity index (χ2v) is 5.61. The van der Waals surface area contributed by atoms with E-state index in [1.165, 1.54) is 0 Å². The van der Waals surface area contributed by atoms with E-state index in [2.05, 4.69) is 10.6 Å². The van der Waals surface area contributed by atoms with E-state index in [0.717, 1.165) is 11.1 Å². The van der Waals surface area contributed by atoms with Crippen molar-refractivity contribution in [3.05, 3.63) is 65.2 Å². The number of anilines is 1. The lowest BCUT2D eigenvalue weighted by molar-refractivity contribution is -0.123. The lowest BCUT2D eigenvalue weighted by Gasteiger charge is -2.09. The molecule has 1 fully saturated rings. The number of alkyl carbamates (subject to hydrolysis) is 1. The molecule has 2 aromatic rings. The van der Waals surface area contributed by atoms with Crippen molar-refractivity contribution in [3.8, 4) is 0 Å². The first-order valence-corrected chi connectivity index (χ1v) is 7.48. The summed E-state index contributed by atoms with van der Waals surface area (Å²) in [4.78, 5) is 34.7. The highest BCUT2D eigenvalue weighted by atomic mass is 16.6. The van der Waals surface area contributed by atoms with E-state index < -0.39 is 18.1 Å². The number of aryl methyl sites for hydroxylation is 1. The maximum Gasteiger partial charge on any atom is 0.415 e. The molecule has 3 amide bonds. The maximum absolute atomic E-state index is 12.1. The van der Waals surface area contributed by atoms with Gasteiger partial charge in [0.25, 0.3) is 5.91 Å². The lowest BCUT2D eigenvalue weighted by atomic mass is 10.1. The number of imide groups is 1. The Balaban J connectivity index is 1.63. The summed E-state index contributed by atoms with van der Waals surface area (Å²) < 4.78 is 4.88. The molecule has 0 aliphatic carbocycles. The first kappa shape index (κ1) is 15.7. The number of rotatable bonds is 4. The molecule has 1 aliphatic rings. The van der Waals surface area contributed by atoms with Crippen LogP contribution < -0.4 is 10.6 Å². The van der Waals surface area contributed by atoms with Gasteiger partial charge in [0.15, 0.2) is 0 Å². The van der Waals surface area contributed by atoms with Gasteiger partial charge in [-0.3, -0.25) is 14.9 Å². The molecule has 1 aliphatic heterocycles. The molecule has 0 bridgehead atoms. The minimum Gasteiger partial charge on any atom is -0.431 e. The average molecular weight is 324 g/mol. The summed E-state index contributed by atoms with van der Waals surface area (Å²) in [5, 5.41) is 4.87. The van der Waals surface area contributed by atoms with Crippen molar-refractivity contribution < 1.29 is 19.1 Å². The third-order valence-corrected chi connectivity index (χ3v) is 3.63. The third-order valence-electron chi connectivity index (χ3n) is 3.63. The number of carbonyl (C=O) groups excluding carboxylic acids is 3. The standard InChI is InChI=1S/C18H16N2O4/c1-11-3-2-4-12(9-11)10-15(21)19-14-7-5-13(6-8-14)16-17(22)20-18(23)24-16/h2-9,16H,10H2,1H3,(H,19,21)(H,20,22,23). The van der Waals surface area contributed by atoms with E-state index in [1.54, 1.807) is 24.3 Å². The van der Waals surface area contributed by atoms with Gasteiger partial charge in [-0.2, -0.15) is 0 Å². The molecule has 0 spiro atoms. The fourth-order valence-corrected chi connectivity index (χ4v) is 2.53. The van der Waals surface area contributed by atoms with Crippen LogP contribution in [0.2, 0.25) is 0 Å². The van der Waals surface area contributed by atoms with Crippen molar-refractivity contribution in [1.29, 1.82) is 0 Å². The highest BCUT2D eigenvalue weighted by Gasteiger charge is 2.33.